The molecule has 0 bridgehead atoms. The van der Waals surface area contributed by atoms with E-state index in [1.54, 1.807) is 30.7 Å². The first-order valence-corrected chi connectivity index (χ1v) is 7.61. The van der Waals surface area contributed by atoms with E-state index in [2.05, 4.69) is 20.7 Å². The highest BCUT2D eigenvalue weighted by Crippen LogP contribution is 2.11. The SMILES string of the molecule is CCC[C@H](C)C(=O)Nc1cnn(CC(=O)Nc2cccnc2)c1. The Morgan fingerprint density at radius 1 is 1.26 bits per heavy atom. The minimum atomic E-state index is -0.210. The number of nitrogens with one attached hydrogen (secondary N) is 2. The van der Waals surface area contributed by atoms with Crippen LogP contribution < -0.4 is 10.6 Å². The minimum Gasteiger partial charge on any atom is -0.323 e. The van der Waals surface area contributed by atoms with E-state index in [-0.39, 0.29) is 24.3 Å². The van der Waals surface area contributed by atoms with Crippen LogP contribution in [0, 0.1) is 5.92 Å². The molecular formula is C16H21N5O2. The van der Waals surface area contributed by atoms with Gasteiger partial charge in [-0.25, -0.2) is 0 Å². The van der Waals surface area contributed by atoms with Gasteiger partial charge in [0, 0.05) is 18.3 Å². The van der Waals surface area contributed by atoms with Gasteiger partial charge in [0.1, 0.15) is 6.54 Å². The lowest BCUT2D eigenvalue weighted by molar-refractivity contribution is -0.119. The van der Waals surface area contributed by atoms with E-state index in [0.29, 0.717) is 11.4 Å². The van der Waals surface area contributed by atoms with Crippen molar-refractivity contribution in [2.75, 3.05) is 10.6 Å². The van der Waals surface area contributed by atoms with Crippen LogP contribution in [-0.4, -0.2) is 26.6 Å². The van der Waals surface area contributed by atoms with Crippen molar-refractivity contribution in [3.8, 4) is 0 Å². The van der Waals surface area contributed by atoms with Crippen LogP contribution in [0.25, 0.3) is 0 Å². The molecule has 2 amide bonds. The second-order valence-electron chi connectivity index (χ2n) is 5.40. The summed E-state index contributed by atoms with van der Waals surface area (Å²) in [5, 5.41) is 9.61. The van der Waals surface area contributed by atoms with E-state index < -0.39 is 0 Å². The van der Waals surface area contributed by atoms with Crippen molar-refractivity contribution < 1.29 is 9.59 Å². The third-order valence-electron chi connectivity index (χ3n) is 3.32. The predicted molar refractivity (Wildman–Crippen MR) is 87.8 cm³/mol. The molecule has 1 atom stereocenters. The lowest BCUT2D eigenvalue weighted by Crippen LogP contribution is -2.20. The van der Waals surface area contributed by atoms with Crippen molar-refractivity contribution in [1.82, 2.24) is 14.8 Å². The fourth-order valence-corrected chi connectivity index (χ4v) is 2.13. The molecule has 2 aromatic rings. The Morgan fingerprint density at radius 2 is 2.09 bits per heavy atom. The van der Waals surface area contributed by atoms with Gasteiger partial charge in [-0.05, 0) is 18.6 Å². The molecule has 0 spiro atoms. The maximum Gasteiger partial charge on any atom is 0.246 e. The van der Waals surface area contributed by atoms with Crippen LogP contribution in [0.2, 0.25) is 0 Å². The highest BCUT2D eigenvalue weighted by atomic mass is 16.2. The summed E-state index contributed by atoms with van der Waals surface area (Å²) in [6.45, 7) is 4.00. The molecule has 7 nitrogen and oxygen atoms in total. The summed E-state index contributed by atoms with van der Waals surface area (Å²) in [4.78, 5) is 27.8. The minimum absolute atomic E-state index is 0.0359. The van der Waals surface area contributed by atoms with Gasteiger partial charge in [0.25, 0.3) is 0 Å². The van der Waals surface area contributed by atoms with Crippen molar-refractivity contribution in [2.24, 2.45) is 5.92 Å². The third-order valence-corrected chi connectivity index (χ3v) is 3.32. The predicted octanol–water partition coefficient (Wildman–Crippen LogP) is 2.29. The van der Waals surface area contributed by atoms with Gasteiger partial charge in [0.2, 0.25) is 11.8 Å². The van der Waals surface area contributed by atoms with Crippen LogP contribution in [0.5, 0.6) is 0 Å². The van der Waals surface area contributed by atoms with Crippen LogP contribution in [0.1, 0.15) is 26.7 Å². The van der Waals surface area contributed by atoms with E-state index in [1.165, 1.54) is 10.9 Å². The molecular weight excluding hydrogens is 294 g/mol. The highest BCUT2D eigenvalue weighted by molar-refractivity contribution is 5.92. The molecule has 0 saturated carbocycles. The van der Waals surface area contributed by atoms with Gasteiger partial charge < -0.3 is 10.6 Å². The summed E-state index contributed by atoms with van der Waals surface area (Å²) in [7, 11) is 0. The zero-order valence-electron chi connectivity index (χ0n) is 13.3. The summed E-state index contributed by atoms with van der Waals surface area (Å²) in [5.74, 6) is -0.290. The number of carbonyl (C=O) groups is 2. The third kappa shape index (κ3) is 5.21. The standard InChI is InChI=1S/C16H21N5O2/c1-3-5-12(2)16(23)20-14-9-18-21(10-14)11-15(22)19-13-6-4-7-17-8-13/h4,6-10,12H,3,5,11H2,1-2H3,(H,19,22)(H,20,23)/t12-/m0/s1. The molecule has 7 heteroatoms. The van der Waals surface area contributed by atoms with Gasteiger partial charge in [0.15, 0.2) is 0 Å². The Labute approximate surface area is 135 Å². The average molecular weight is 315 g/mol. The first kappa shape index (κ1) is 16.7. The smallest absolute Gasteiger partial charge is 0.246 e. The molecule has 2 rings (SSSR count). The molecule has 0 fully saturated rings. The number of rotatable bonds is 7. The largest absolute Gasteiger partial charge is 0.323 e. The van der Waals surface area contributed by atoms with E-state index in [0.717, 1.165) is 12.8 Å². The monoisotopic (exact) mass is 315 g/mol. The zero-order chi connectivity index (χ0) is 16.7. The second-order valence-corrected chi connectivity index (χ2v) is 5.40. The molecule has 0 aliphatic carbocycles. The Bertz CT molecular complexity index is 654. The first-order chi connectivity index (χ1) is 11.1. The van der Waals surface area contributed by atoms with Crippen molar-refractivity contribution in [3.05, 3.63) is 36.9 Å². The van der Waals surface area contributed by atoms with Gasteiger partial charge in [0.05, 0.1) is 23.8 Å². The first-order valence-electron chi connectivity index (χ1n) is 7.61. The summed E-state index contributed by atoms with van der Waals surface area (Å²) in [6.07, 6.45) is 8.18. The van der Waals surface area contributed by atoms with E-state index >= 15 is 0 Å². The molecule has 0 radical (unpaired) electrons. The quantitative estimate of drug-likeness (QED) is 0.820. The Hall–Kier alpha value is -2.70. The lowest BCUT2D eigenvalue weighted by Gasteiger charge is -2.09. The fraction of sp³-hybridized carbons (Fsp3) is 0.375. The van der Waals surface area contributed by atoms with Crippen molar-refractivity contribution >= 4 is 23.2 Å². The molecule has 0 aliphatic rings. The molecule has 2 heterocycles. The molecule has 122 valence electrons. The van der Waals surface area contributed by atoms with Crippen molar-refractivity contribution in [1.29, 1.82) is 0 Å². The summed E-state index contributed by atoms with van der Waals surface area (Å²) >= 11 is 0. The fourth-order valence-electron chi connectivity index (χ4n) is 2.13. The molecule has 0 aromatic carbocycles. The van der Waals surface area contributed by atoms with Gasteiger partial charge in [-0.15, -0.1) is 0 Å². The van der Waals surface area contributed by atoms with Crippen LogP contribution in [0.4, 0.5) is 11.4 Å². The maximum atomic E-state index is 11.9. The number of carbonyl (C=O) groups excluding carboxylic acids is 2. The zero-order valence-corrected chi connectivity index (χ0v) is 13.3. The van der Waals surface area contributed by atoms with Gasteiger partial charge >= 0.3 is 0 Å². The second kappa shape index (κ2) is 8.07. The van der Waals surface area contributed by atoms with Crippen LogP contribution >= 0.6 is 0 Å². The molecule has 0 aliphatic heterocycles. The number of amides is 2. The molecule has 23 heavy (non-hydrogen) atoms. The number of anilines is 2. The van der Waals surface area contributed by atoms with Gasteiger partial charge in [-0.3, -0.25) is 19.3 Å². The van der Waals surface area contributed by atoms with Crippen LogP contribution in [0.15, 0.2) is 36.9 Å². The van der Waals surface area contributed by atoms with Crippen LogP contribution in [0.3, 0.4) is 0 Å². The van der Waals surface area contributed by atoms with Crippen molar-refractivity contribution in [3.63, 3.8) is 0 Å². The number of aromatic nitrogens is 3. The normalized spacial score (nSPS) is 11.7. The van der Waals surface area contributed by atoms with Gasteiger partial charge in [-0.1, -0.05) is 20.3 Å². The number of pyridine rings is 1. The number of hydrogen-bond acceptors (Lipinski definition) is 4. The molecule has 2 aromatic heterocycles. The highest BCUT2D eigenvalue weighted by Gasteiger charge is 2.13. The molecule has 2 N–H and O–H groups in total. The summed E-state index contributed by atoms with van der Waals surface area (Å²) < 4.78 is 1.48. The summed E-state index contributed by atoms with van der Waals surface area (Å²) in [5.41, 5.74) is 1.22. The lowest BCUT2D eigenvalue weighted by atomic mass is 10.1. The van der Waals surface area contributed by atoms with Crippen molar-refractivity contribution in [2.45, 2.75) is 33.2 Å². The molecule has 0 saturated heterocycles. The number of hydrogen-bond donors (Lipinski definition) is 2. The van der Waals surface area contributed by atoms with Crippen LogP contribution in [-0.2, 0) is 16.1 Å². The average Bonchev–Trinajstić information content (AvgIpc) is 2.95. The summed E-state index contributed by atoms with van der Waals surface area (Å²) in [6, 6.07) is 3.50. The Kier molecular flexibility index (Phi) is 5.85. The number of nitrogens with zero attached hydrogens (tertiary/aromatic N) is 3. The topological polar surface area (TPSA) is 88.9 Å². The Morgan fingerprint density at radius 3 is 2.78 bits per heavy atom. The maximum absolute atomic E-state index is 11.9. The van der Waals surface area contributed by atoms with E-state index in [1.807, 2.05) is 13.8 Å². The molecule has 0 unspecified atom stereocenters. The van der Waals surface area contributed by atoms with Gasteiger partial charge in [-0.2, -0.15) is 5.10 Å². The Balaban J connectivity index is 1.87. The van der Waals surface area contributed by atoms with E-state index in [9.17, 15) is 9.59 Å². The van der Waals surface area contributed by atoms with E-state index in [4.69, 9.17) is 0 Å².